The summed E-state index contributed by atoms with van der Waals surface area (Å²) >= 11 is 6.62. The number of aromatic nitrogens is 1. The minimum Gasteiger partial charge on any atom is -0.504 e. The van der Waals surface area contributed by atoms with Crippen LogP contribution in [0.15, 0.2) is 6.07 Å². The Morgan fingerprint density at radius 1 is 1.64 bits per heavy atom. The van der Waals surface area contributed by atoms with Crippen LogP contribution in [0.3, 0.4) is 0 Å². The number of carbonyl (C=O) groups excluding carboxylic acids is 1. The molecule has 0 saturated heterocycles. The van der Waals surface area contributed by atoms with Crippen LogP contribution in [-0.4, -0.2) is 15.3 Å². The molecule has 0 fully saturated rings. The van der Waals surface area contributed by atoms with E-state index in [0.29, 0.717) is 0 Å². The molecule has 0 spiro atoms. The van der Waals surface area contributed by atoms with Crippen molar-refractivity contribution in [2.24, 2.45) is 0 Å². The smallest absolute Gasteiger partial charge is 0.280 e. The number of aromatic hydroxyl groups is 1. The predicted molar refractivity (Wildman–Crippen MR) is 53.8 cm³/mol. The molecule has 1 aromatic heterocycles. The second kappa shape index (κ2) is 4.35. The van der Waals surface area contributed by atoms with Gasteiger partial charge in [0.2, 0.25) is 0 Å². The molecule has 0 aromatic carbocycles. The van der Waals surface area contributed by atoms with Crippen molar-refractivity contribution in [3.05, 3.63) is 21.0 Å². The Morgan fingerprint density at radius 3 is 2.64 bits per heavy atom. The zero-order chi connectivity index (χ0) is 10.9. The maximum absolute atomic E-state index is 12.2. The van der Waals surface area contributed by atoms with Crippen molar-refractivity contribution in [3.63, 3.8) is 0 Å². The molecular weight excluding hydrogens is 330 g/mol. The number of pyridine rings is 1. The van der Waals surface area contributed by atoms with Gasteiger partial charge in [0.05, 0.1) is 5.56 Å². The van der Waals surface area contributed by atoms with E-state index in [2.05, 4.69) is 4.98 Å². The molecule has 0 aliphatic rings. The van der Waals surface area contributed by atoms with Gasteiger partial charge in [-0.3, -0.25) is 4.79 Å². The second-order valence-electron chi connectivity index (χ2n) is 2.31. The summed E-state index contributed by atoms with van der Waals surface area (Å²) in [6.07, 6.45) is -2.81. The molecule has 0 unspecified atom stereocenters. The number of carbonyl (C=O) groups is 1. The second-order valence-corrected chi connectivity index (χ2v) is 3.67. The molecule has 1 heterocycles. The highest BCUT2D eigenvalue weighted by Crippen LogP contribution is 2.28. The van der Waals surface area contributed by atoms with Crippen LogP contribution in [0, 0.1) is 3.70 Å². The lowest BCUT2D eigenvalue weighted by atomic mass is 10.2. The normalized spacial score (nSPS) is 10.6. The summed E-state index contributed by atoms with van der Waals surface area (Å²) < 4.78 is 24.4. The van der Waals surface area contributed by atoms with E-state index in [0.717, 1.165) is 6.07 Å². The number of hydrogen-bond donors (Lipinski definition) is 1. The number of alkyl halides is 2. The van der Waals surface area contributed by atoms with Crippen LogP contribution in [0.2, 0.25) is 0 Å². The molecule has 0 aliphatic heterocycles. The van der Waals surface area contributed by atoms with Crippen molar-refractivity contribution in [1.29, 1.82) is 0 Å². The fourth-order valence-electron chi connectivity index (χ4n) is 0.788. The summed E-state index contributed by atoms with van der Waals surface area (Å²) in [5, 5.41) is 8.26. The summed E-state index contributed by atoms with van der Waals surface area (Å²) in [4.78, 5) is 14.1. The standard InChI is InChI=1S/C7H3ClF2INO2/c8-5(14)2-1-3(6(9)10)12-7(11)4(2)13/h1,6,13H. The third-order valence-electron chi connectivity index (χ3n) is 1.41. The summed E-state index contributed by atoms with van der Waals surface area (Å²) in [7, 11) is 0. The fourth-order valence-corrected chi connectivity index (χ4v) is 1.50. The molecule has 0 saturated carbocycles. The van der Waals surface area contributed by atoms with E-state index >= 15 is 0 Å². The Balaban J connectivity index is 3.35. The lowest BCUT2D eigenvalue weighted by Crippen LogP contribution is -1.99. The lowest BCUT2D eigenvalue weighted by molar-refractivity contribution is 0.107. The van der Waals surface area contributed by atoms with E-state index in [1.54, 1.807) is 0 Å². The molecule has 1 aromatic rings. The van der Waals surface area contributed by atoms with Gasteiger partial charge in [-0.05, 0) is 40.3 Å². The van der Waals surface area contributed by atoms with Gasteiger partial charge in [0.1, 0.15) is 9.39 Å². The van der Waals surface area contributed by atoms with Crippen LogP contribution in [0.4, 0.5) is 8.78 Å². The van der Waals surface area contributed by atoms with Crippen LogP contribution in [-0.2, 0) is 0 Å². The molecule has 76 valence electrons. The van der Waals surface area contributed by atoms with E-state index in [-0.39, 0.29) is 9.26 Å². The fraction of sp³-hybridized carbons (Fsp3) is 0.143. The molecule has 14 heavy (non-hydrogen) atoms. The summed E-state index contributed by atoms with van der Waals surface area (Å²) in [6, 6.07) is 0.775. The highest BCUT2D eigenvalue weighted by molar-refractivity contribution is 14.1. The maximum Gasteiger partial charge on any atom is 0.280 e. The van der Waals surface area contributed by atoms with Gasteiger partial charge in [-0.2, -0.15) is 0 Å². The largest absolute Gasteiger partial charge is 0.504 e. The number of halogens is 4. The van der Waals surface area contributed by atoms with Gasteiger partial charge in [-0.1, -0.05) is 0 Å². The molecule has 1 N–H and O–H groups in total. The number of rotatable bonds is 2. The van der Waals surface area contributed by atoms with Gasteiger partial charge < -0.3 is 5.11 Å². The van der Waals surface area contributed by atoms with Crippen LogP contribution < -0.4 is 0 Å². The Bertz CT molecular complexity index is 386. The Hall–Kier alpha value is -0.500. The van der Waals surface area contributed by atoms with Gasteiger partial charge >= 0.3 is 0 Å². The molecule has 0 aliphatic carbocycles. The van der Waals surface area contributed by atoms with Gasteiger partial charge in [0.25, 0.3) is 11.7 Å². The quantitative estimate of drug-likeness (QED) is 0.514. The van der Waals surface area contributed by atoms with Crippen molar-refractivity contribution in [2.45, 2.75) is 6.43 Å². The summed E-state index contributed by atoms with van der Waals surface area (Å²) in [5.74, 6) is -0.477. The monoisotopic (exact) mass is 333 g/mol. The van der Waals surface area contributed by atoms with Crippen LogP contribution >= 0.6 is 34.2 Å². The first-order chi connectivity index (χ1) is 6.43. The SMILES string of the molecule is O=C(Cl)c1cc(C(F)F)nc(I)c1O. The van der Waals surface area contributed by atoms with E-state index in [4.69, 9.17) is 11.6 Å². The minimum atomic E-state index is -2.81. The van der Waals surface area contributed by atoms with Crippen molar-refractivity contribution >= 4 is 39.4 Å². The van der Waals surface area contributed by atoms with E-state index in [9.17, 15) is 18.7 Å². The number of hydrogen-bond acceptors (Lipinski definition) is 3. The van der Waals surface area contributed by atoms with Crippen molar-refractivity contribution in [3.8, 4) is 5.75 Å². The zero-order valence-corrected chi connectivity index (χ0v) is 9.38. The van der Waals surface area contributed by atoms with Gasteiger partial charge in [-0.25, -0.2) is 13.8 Å². The third kappa shape index (κ3) is 2.30. The van der Waals surface area contributed by atoms with Crippen molar-refractivity contribution < 1.29 is 18.7 Å². The van der Waals surface area contributed by atoms with Crippen LogP contribution in [0.25, 0.3) is 0 Å². The maximum atomic E-state index is 12.2. The first-order valence-electron chi connectivity index (χ1n) is 3.31. The summed E-state index contributed by atoms with van der Waals surface area (Å²) in [6.45, 7) is 0. The highest BCUT2D eigenvalue weighted by Gasteiger charge is 2.18. The molecule has 3 nitrogen and oxygen atoms in total. The Morgan fingerprint density at radius 2 is 2.21 bits per heavy atom. The topological polar surface area (TPSA) is 50.2 Å². The van der Waals surface area contributed by atoms with Crippen molar-refractivity contribution in [2.75, 3.05) is 0 Å². The molecule has 7 heteroatoms. The highest BCUT2D eigenvalue weighted by atomic mass is 127. The Kier molecular flexibility index (Phi) is 3.59. The molecular formula is C7H3ClF2INO2. The molecule has 0 radical (unpaired) electrons. The predicted octanol–water partition coefficient (Wildman–Crippen LogP) is 2.71. The summed E-state index contributed by atoms with van der Waals surface area (Å²) in [5.41, 5.74) is -0.947. The van der Waals surface area contributed by atoms with Crippen LogP contribution in [0.5, 0.6) is 5.75 Å². The van der Waals surface area contributed by atoms with Crippen molar-refractivity contribution in [1.82, 2.24) is 4.98 Å². The van der Waals surface area contributed by atoms with E-state index in [1.165, 1.54) is 22.6 Å². The van der Waals surface area contributed by atoms with Gasteiger partial charge in [-0.15, -0.1) is 0 Å². The third-order valence-corrected chi connectivity index (χ3v) is 2.36. The first kappa shape index (κ1) is 11.6. The van der Waals surface area contributed by atoms with Crippen LogP contribution in [0.1, 0.15) is 22.5 Å². The zero-order valence-electron chi connectivity index (χ0n) is 6.47. The first-order valence-corrected chi connectivity index (χ1v) is 4.76. The molecule has 0 atom stereocenters. The molecule has 0 bridgehead atoms. The van der Waals surface area contributed by atoms with E-state index in [1.807, 2.05) is 0 Å². The minimum absolute atomic E-state index is 0.0793. The molecule has 1 rings (SSSR count). The van der Waals surface area contributed by atoms with Gasteiger partial charge in [0.15, 0.2) is 5.75 Å². The van der Waals surface area contributed by atoms with Gasteiger partial charge in [0, 0.05) is 0 Å². The lowest BCUT2D eigenvalue weighted by Gasteiger charge is -2.04. The average Bonchev–Trinajstić information content (AvgIpc) is 2.08. The Labute approximate surface area is 96.2 Å². The number of nitrogens with zero attached hydrogens (tertiary/aromatic N) is 1. The molecule has 0 amide bonds. The average molecular weight is 333 g/mol. The van der Waals surface area contributed by atoms with E-state index < -0.39 is 23.1 Å².